The molecule has 0 spiro atoms. The van der Waals surface area contributed by atoms with E-state index >= 15 is 0 Å². The van der Waals surface area contributed by atoms with Crippen molar-refractivity contribution in [2.24, 2.45) is 23.7 Å². The fraction of sp³-hybridized carbons (Fsp3) is 0.667. The Kier molecular flexibility index (Phi) is 6.08. The lowest BCUT2D eigenvalue weighted by Gasteiger charge is -2.37. The number of rotatable bonds is 4. The van der Waals surface area contributed by atoms with Gasteiger partial charge in [0, 0.05) is 6.07 Å². The zero-order valence-electron chi connectivity index (χ0n) is 15.0. The van der Waals surface area contributed by atoms with Gasteiger partial charge in [-0.25, -0.2) is 8.78 Å². The molecule has 2 nitrogen and oxygen atoms in total. The summed E-state index contributed by atoms with van der Waals surface area (Å²) in [5.41, 5.74) is 0. The lowest BCUT2D eigenvalue weighted by atomic mass is 9.69. The van der Waals surface area contributed by atoms with Gasteiger partial charge < -0.3 is 4.74 Å². The second kappa shape index (κ2) is 8.29. The molecule has 2 aliphatic rings. The molecule has 3 rings (SSSR count). The highest BCUT2D eigenvalue weighted by molar-refractivity contribution is 5.75. The van der Waals surface area contributed by atoms with Crippen molar-refractivity contribution in [3.8, 4) is 5.75 Å². The Hall–Kier alpha value is -1.45. The van der Waals surface area contributed by atoms with Crippen LogP contribution in [0, 0.1) is 35.3 Å². The highest BCUT2D eigenvalue weighted by Crippen LogP contribution is 2.42. The van der Waals surface area contributed by atoms with Crippen LogP contribution in [-0.4, -0.2) is 5.97 Å². The van der Waals surface area contributed by atoms with Crippen molar-refractivity contribution in [3.63, 3.8) is 0 Å². The number of hydrogen-bond acceptors (Lipinski definition) is 2. The SMILES string of the molecule is CC[C@H]1CC[C@H]([C@H]2CC[C@H](C(=O)Oc3ccc(F)cc3F)CC2)CC1. The van der Waals surface area contributed by atoms with E-state index in [1.165, 1.54) is 38.2 Å². The maximum Gasteiger partial charge on any atom is 0.314 e. The van der Waals surface area contributed by atoms with Crippen LogP contribution in [0.15, 0.2) is 18.2 Å². The van der Waals surface area contributed by atoms with E-state index in [0.717, 1.165) is 55.6 Å². The van der Waals surface area contributed by atoms with Crippen molar-refractivity contribution in [2.75, 3.05) is 0 Å². The van der Waals surface area contributed by atoms with Gasteiger partial charge >= 0.3 is 5.97 Å². The lowest BCUT2D eigenvalue weighted by Crippen LogP contribution is -2.30. The molecule has 1 aromatic rings. The summed E-state index contributed by atoms with van der Waals surface area (Å²) in [4.78, 5) is 12.3. The van der Waals surface area contributed by atoms with Crippen molar-refractivity contribution in [2.45, 2.75) is 64.7 Å². The maximum absolute atomic E-state index is 13.6. The normalized spacial score (nSPS) is 30.0. The summed E-state index contributed by atoms with van der Waals surface area (Å²) in [6.07, 6.45) is 10.4. The second-order valence-electron chi connectivity index (χ2n) is 7.80. The van der Waals surface area contributed by atoms with Gasteiger partial charge in [0.1, 0.15) is 5.82 Å². The van der Waals surface area contributed by atoms with E-state index in [9.17, 15) is 13.6 Å². The molecule has 25 heavy (non-hydrogen) atoms. The van der Waals surface area contributed by atoms with Crippen LogP contribution in [-0.2, 0) is 4.79 Å². The van der Waals surface area contributed by atoms with Crippen molar-refractivity contribution in [1.29, 1.82) is 0 Å². The molecule has 1 aromatic carbocycles. The Balaban J connectivity index is 1.48. The average Bonchev–Trinajstić information content (AvgIpc) is 2.64. The van der Waals surface area contributed by atoms with Crippen molar-refractivity contribution < 1.29 is 18.3 Å². The molecule has 0 N–H and O–H groups in total. The van der Waals surface area contributed by atoms with E-state index in [1.807, 2.05) is 0 Å². The molecule has 138 valence electrons. The number of carbonyl (C=O) groups excluding carboxylic acids is 1. The minimum absolute atomic E-state index is 0.160. The first kappa shape index (κ1) is 18.3. The molecule has 2 fully saturated rings. The third kappa shape index (κ3) is 4.59. The fourth-order valence-electron chi connectivity index (χ4n) is 4.64. The van der Waals surface area contributed by atoms with E-state index in [-0.39, 0.29) is 17.6 Å². The third-order valence-electron chi connectivity index (χ3n) is 6.35. The standard InChI is InChI=1S/C21H28F2O2/c1-2-14-3-5-15(6-4-14)16-7-9-17(10-8-16)21(24)25-20-12-11-18(22)13-19(20)23/h11-17H,2-10H2,1H3/t14-,15-,16-,17-. The molecule has 0 bridgehead atoms. The highest BCUT2D eigenvalue weighted by atomic mass is 19.1. The summed E-state index contributed by atoms with van der Waals surface area (Å²) in [6.45, 7) is 2.28. The molecule has 2 aliphatic carbocycles. The summed E-state index contributed by atoms with van der Waals surface area (Å²) >= 11 is 0. The number of carbonyl (C=O) groups is 1. The van der Waals surface area contributed by atoms with Gasteiger partial charge in [0.05, 0.1) is 5.92 Å². The Morgan fingerprint density at radius 1 is 1.00 bits per heavy atom. The largest absolute Gasteiger partial charge is 0.423 e. The van der Waals surface area contributed by atoms with Gasteiger partial charge in [-0.1, -0.05) is 26.2 Å². The second-order valence-corrected chi connectivity index (χ2v) is 7.80. The third-order valence-corrected chi connectivity index (χ3v) is 6.35. The zero-order valence-corrected chi connectivity index (χ0v) is 15.0. The number of hydrogen-bond donors (Lipinski definition) is 0. The van der Waals surface area contributed by atoms with Crippen LogP contribution in [0.5, 0.6) is 5.75 Å². The fourth-order valence-corrected chi connectivity index (χ4v) is 4.64. The first-order valence-corrected chi connectivity index (χ1v) is 9.73. The molecule has 0 unspecified atom stereocenters. The monoisotopic (exact) mass is 350 g/mol. The summed E-state index contributed by atoms with van der Waals surface area (Å²) < 4.78 is 31.7. The van der Waals surface area contributed by atoms with Crippen LogP contribution in [0.2, 0.25) is 0 Å². The van der Waals surface area contributed by atoms with Crippen LogP contribution in [0.3, 0.4) is 0 Å². The predicted molar refractivity (Wildman–Crippen MR) is 93.2 cm³/mol. The van der Waals surface area contributed by atoms with Crippen molar-refractivity contribution in [3.05, 3.63) is 29.8 Å². The summed E-state index contributed by atoms with van der Waals surface area (Å²) in [5, 5.41) is 0. The molecule has 0 amide bonds. The molecule has 2 saturated carbocycles. The smallest absolute Gasteiger partial charge is 0.314 e. The minimum Gasteiger partial charge on any atom is -0.423 e. The van der Waals surface area contributed by atoms with Crippen LogP contribution < -0.4 is 4.74 Å². The van der Waals surface area contributed by atoms with Gasteiger partial charge in [0.2, 0.25) is 0 Å². The van der Waals surface area contributed by atoms with Gasteiger partial charge in [-0.3, -0.25) is 4.79 Å². The minimum atomic E-state index is -0.824. The number of benzene rings is 1. The Morgan fingerprint density at radius 3 is 2.16 bits per heavy atom. The molecule has 0 atom stereocenters. The lowest BCUT2D eigenvalue weighted by molar-refractivity contribution is -0.140. The Bertz CT molecular complexity index is 586. The molecule has 0 aliphatic heterocycles. The quantitative estimate of drug-likeness (QED) is 0.500. The summed E-state index contributed by atoms with van der Waals surface area (Å²) in [7, 11) is 0. The van der Waals surface area contributed by atoms with E-state index < -0.39 is 11.6 Å². The Morgan fingerprint density at radius 2 is 1.60 bits per heavy atom. The molecule has 4 heteroatoms. The van der Waals surface area contributed by atoms with E-state index in [0.29, 0.717) is 0 Å². The Labute approximate surface area is 149 Å². The van der Waals surface area contributed by atoms with E-state index in [1.54, 1.807) is 0 Å². The van der Waals surface area contributed by atoms with Gasteiger partial charge in [-0.05, 0) is 68.4 Å². The van der Waals surface area contributed by atoms with Crippen LogP contribution in [0.25, 0.3) is 0 Å². The molecule has 0 heterocycles. The molecule has 0 aromatic heterocycles. The van der Waals surface area contributed by atoms with Gasteiger partial charge in [0.25, 0.3) is 0 Å². The summed E-state index contributed by atoms with van der Waals surface area (Å²) in [6, 6.07) is 3.03. The number of esters is 1. The number of ether oxygens (including phenoxy) is 1. The molecular formula is C21H28F2O2. The van der Waals surface area contributed by atoms with E-state index in [2.05, 4.69) is 6.92 Å². The first-order chi connectivity index (χ1) is 12.1. The highest BCUT2D eigenvalue weighted by Gasteiger charge is 2.33. The summed E-state index contributed by atoms with van der Waals surface area (Å²) in [5.74, 6) is 0.245. The van der Waals surface area contributed by atoms with Crippen LogP contribution in [0.4, 0.5) is 8.78 Å². The van der Waals surface area contributed by atoms with Gasteiger partial charge in [-0.2, -0.15) is 0 Å². The van der Waals surface area contributed by atoms with Crippen molar-refractivity contribution in [1.82, 2.24) is 0 Å². The number of halogens is 2. The predicted octanol–water partition coefficient (Wildman–Crippen LogP) is 5.89. The molecule has 0 saturated heterocycles. The topological polar surface area (TPSA) is 26.3 Å². The first-order valence-electron chi connectivity index (χ1n) is 9.73. The van der Waals surface area contributed by atoms with Gasteiger partial charge in [0.15, 0.2) is 11.6 Å². The van der Waals surface area contributed by atoms with Crippen LogP contribution >= 0.6 is 0 Å². The molecule has 0 radical (unpaired) electrons. The van der Waals surface area contributed by atoms with Crippen LogP contribution in [0.1, 0.15) is 64.7 Å². The van der Waals surface area contributed by atoms with E-state index in [4.69, 9.17) is 4.74 Å². The zero-order chi connectivity index (χ0) is 17.8. The van der Waals surface area contributed by atoms with Crippen molar-refractivity contribution >= 4 is 5.97 Å². The van der Waals surface area contributed by atoms with Gasteiger partial charge in [-0.15, -0.1) is 0 Å². The molecular weight excluding hydrogens is 322 g/mol. The average molecular weight is 350 g/mol. The maximum atomic E-state index is 13.6.